The second-order valence-corrected chi connectivity index (χ2v) is 18.4. The molecule has 3 rings (SSSR count). The number of aliphatic imine (C=N–C) groups is 1. The van der Waals surface area contributed by atoms with E-state index in [0.29, 0.717) is 36.9 Å². The monoisotopic (exact) mass is 1030 g/mol. The zero-order valence-electron chi connectivity index (χ0n) is 43.0. The van der Waals surface area contributed by atoms with Gasteiger partial charge in [0, 0.05) is 44.7 Å². The summed E-state index contributed by atoms with van der Waals surface area (Å²) < 4.78 is 0. The molecule has 25 heteroatoms. The number of carbonyl (C=O) groups excluding carboxylic acids is 7. The number of carbonyl (C=O) groups is 9. The van der Waals surface area contributed by atoms with E-state index >= 15 is 0 Å². The number of nitrogens with one attached hydrogen (secondary N) is 8. The molecular weight excluding hydrogens is 951 g/mol. The number of rotatable bonds is 28. The van der Waals surface area contributed by atoms with Gasteiger partial charge in [0.05, 0.1) is 12.9 Å². The number of guanidine groups is 1. The standard InChI is InChI=1S/C46H73N13O10.C2H4O2/c1-8-26(5)37(43(66)55-33(21-29-22-50-24-52-29)44(67)59-19-11-13-34(59)41(64)58-38(45(68)69)27(6)9-2)57-40(63)32(20-28-14-16-30(60)17-15-28)54-42(65)36(25(3)4)56-39(62)31(53-35(61)23-49-7)12-10-18-51-46(47)48;1-2(3)4/h14-17,22,24-27,31-34,36-38,49,60H,8-13,18-21,23H2,1-7H3,(H,50,52)(H,53,61)(H,54,65)(H,55,66)(H,56,62)(H,57,63)(H,58,64)(H,68,69)(H4,47,48,51);1H3,(H,3,4)/t26-,27-,31-,32-,33-,34-,36-,37-,38-;/m0./s1. The van der Waals surface area contributed by atoms with Crippen LogP contribution in [0.4, 0.5) is 0 Å². The first-order valence-electron chi connectivity index (χ1n) is 24.4. The van der Waals surface area contributed by atoms with Crippen LogP contribution >= 0.6 is 0 Å². The summed E-state index contributed by atoms with van der Waals surface area (Å²) in [5.41, 5.74) is 11.9. The molecule has 1 aliphatic heterocycles. The summed E-state index contributed by atoms with van der Waals surface area (Å²) in [6.45, 7) is 11.8. The highest BCUT2D eigenvalue weighted by Crippen LogP contribution is 2.22. The Morgan fingerprint density at radius 3 is 1.90 bits per heavy atom. The van der Waals surface area contributed by atoms with Crippen molar-refractivity contribution >= 4 is 59.2 Å². The molecule has 2 aromatic rings. The van der Waals surface area contributed by atoms with Gasteiger partial charge in [-0.25, -0.2) is 9.78 Å². The van der Waals surface area contributed by atoms with E-state index in [2.05, 4.69) is 52.2 Å². The molecule has 7 amide bonds. The van der Waals surface area contributed by atoms with E-state index in [4.69, 9.17) is 21.4 Å². The van der Waals surface area contributed by atoms with Crippen LogP contribution in [0.5, 0.6) is 5.75 Å². The van der Waals surface area contributed by atoms with Crippen molar-refractivity contribution in [3.8, 4) is 5.75 Å². The number of aliphatic carboxylic acids is 2. The first kappa shape index (κ1) is 61.8. The van der Waals surface area contributed by atoms with E-state index < -0.39 is 107 Å². The molecule has 0 unspecified atom stereocenters. The molecule has 1 aromatic carbocycles. The van der Waals surface area contributed by atoms with Gasteiger partial charge in [-0.1, -0.05) is 66.5 Å². The summed E-state index contributed by atoms with van der Waals surface area (Å²) in [6.07, 6.45) is 4.75. The Balaban J connectivity index is 0.00000439. The van der Waals surface area contributed by atoms with Crippen molar-refractivity contribution in [1.29, 1.82) is 0 Å². The maximum Gasteiger partial charge on any atom is 0.326 e. The fraction of sp³-hybridized carbons (Fsp3) is 0.604. The molecule has 73 heavy (non-hydrogen) atoms. The molecule has 1 fully saturated rings. The van der Waals surface area contributed by atoms with Gasteiger partial charge in [0.1, 0.15) is 48.0 Å². The second-order valence-electron chi connectivity index (χ2n) is 18.4. The summed E-state index contributed by atoms with van der Waals surface area (Å²) >= 11 is 0. The van der Waals surface area contributed by atoms with E-state index in [-0.39, 0.29) is 62.9 Å². The van der Waals surface area contributed by atoms with Crippen LogP contribution in [0.2, 0.25) is 0 Å². The Hall–Kier alpha value is -7.31. The fourth-order valence-corrected chi connectivity index (χ4v) is 7.77. The molecule has 2 heterocycles. The Morgan fingerprint density at radius 2 is 1.36 bits per heavy atom. The van der Waals surface area contributed by atoms with Crippen LogP contribution in [0.1, 0.15) is 98.2 Å². The van der Waals surface area contributed by atoms with Crippen molar-refractivity contribution in [3.63, 3.8) is 0 Å². The Kier molecular flexibility index (Phi) is 26.4. The number of nitrogens with two attached hydrogens (primary N) is 2. The van der Waals surface area contributed by atoms with Crippen LogP contribution in [0.15, 0.2) is 41.8 Å². The number of imidazole rings is 1. The summed E-state index contributed by atoms with van der Waals surface area (Å²) in [5.74, 6) is -8.24. The second kappa shape index (κ2) is 31.2. The average Bonchev–Trinajstić information content (AvgIpc) is 4.05. The van der Waals surface area contributed by atoms with Crippen molar-refractivity contribution in [2.24, 2.45) is 34.2 Å². The van der Waals surface area contributed by atoms with Gasteiger partial charge < -0.3 is 73.9 Å². The third kappa shape index (κ3) is 21.1. The number of carboxylic acids is 2. The number of aromatic amines is 1. The summed E-state index contributed by atoms with van der Waals surface area (Å²) in [7, 11) is 1.57. The van der Waals surface area contributed by atoms with Crippen molar-refractivity contribution in [1.82, 2.24) is 52.1 Å². The quantitative estimate of drug-likeness (QED) is 0.0276. The maximum absolute atomic E-state index is 14.5. The number of benzene rings is 1. The predicted molar refractivity (Wildman–Crippen MR) is 269 cm³/mol. The Labute approximate surface area is 425 Å². The number of H-pyrrole nitrogens is 1. The number of nitrogens with zero attached hydrogens (tertiary/aromatic N) is 3. The van der Waals surface area contributed by atoms with Gasteiger partial charge in [-0.3, -0.25) is 43.3 Å². The van der Waals surface area contributed by atoms with Gasteiger partial charge in [-0.2, -0.15) is 0 Å². The molecular formula is C48H77N13O12. The van der Waals surface area contributed by atoms with E-state index in [1.165, 1.54) is 29.6 Å². The van der Waals surface area contributed by atoms with Crippen LogP contribution in [0.3, 0.4) is 0 Å². The van der Waals surface area contributed by atoms with Crippen LogP contribution in [-0.4, -0.2) is 158 Å². The maximum atomic E-state index is 14.5. The summed E-state index contributed by atoms with van der Waals surface area (Å²) in [4.78, 5) is 131. The molecule has 1 saturated heterocycles. The minimum absolute atomic E-state index is 0.0369. The third-order valence-corrected chi connectivity index (χ3v) is 12.2. The SMILES string of the molecule is CC(=O)O.CC[C@H](C)[C@H](NC(=O)[C@@H]1CCCN1C(=O)[C@H](Cc1cnc[nH]1)NC(=O)[C@@H](NC(=O)[C@H](Cc1ccc(O)cc1)NC(=O)[C@@H](NC(=O)[C@H](CCCN=C(N)N)NC(=O)CNC)C(C)C)[C@@H](C)CC)C(=O)O. The zero-order valence-corrected chi connectivity index (χ0v) is 43.0. The van der Waals surface area contributed by atoms with Gasteiger partial charge in [0.25, 0.3) is 5.97 Å². The number of amides is 7. The van der Waals surface area contributed by atoms with Crippen LogP contribution < -0.4 is 48.7 Å². The zero-order chi connectivity index (χ0) is 54.9. The number of carboxylic acid groups (broad SMARTS) is 2. The third-order valence-electron chi connectivity index (χ3n) is 12.2. The number of hydrogen-bond acceptors (Lipinski definition) is 13. The number of phenolic OH excluding ortho intramolecular Hbond substituents is 1. The molecule has 25 nitrogen and oxygen atoms in total. The lowest BCUT2D eigenvalue weighted by molar-refractivity contribution is -0.146. The molecule has 15 N–H and O–H groups in total. The molecule has 9 atom stereocenters. The lowest BCUT2D eigenvalue weighted by atomic mass is 9.96. The predicted octanol–water partition coefficient (Wildman–Crippen LogP) is -1.00. The molecule has 1 aromatic heterocycles. The van der Waals surface area contributed by atoms with Gasteiger partial charge >= 0.3 is 5.97 Å². The molecule has 0 aliphatic carbocycles. The molecule has 0 spiro atoms. The van der Waals surface area contributed by atoms with Gasteiger partial charge in [0.2, 0.25) is 41.4 Å². The lowest BCUT2D eigenvalue weighted by Crippen LogP contribution is -2.62. The molecule has 1 aliphatic rings. The normalized spacial score (nSPS) is 16.3. The van der Waals surface area contributed by atoms with Crippen molar-refractivity contribution in [2.45, 2.75) is 142 Å². The van der Waals surface area contributed by atoms with Gasteiger partial charge in [0.15, 0.2) is 5.96 Å². The largest absolute Gasteiger partial charge is 0.508 e. The summed E-state index contributed by atoms with van der Waals surface area (Å²) in [6, 6.07) is -2.38. The number of aromatic nitrogens is 2. The molecule has 0 radical (unpaired) electrons. The van der Waals surface area contributed by atoms with E-state index in [9.17, 15) is 48.6 Å². The minimum Gasteiger partial charge on any atom is -0.508 e. The molecule has 0 saturated carbocycles. The Bertz CT molecular complexity index is 2170. The first-order valence-corrected chi connectivity index (χ1v) is 24.4. The van der Waals surface area contributed by atoms with Crippen LogP contribution in [0.25, 0.3) is 0 Å². The molecule has 0 bridgehead atoms. The van der Waals surface area contributed by atoms with E-state index in [1.807, 2.05) is 13.8 Å². The highest BCUT2D eigenvalue weighted by molar-refractivity contribution is 5.98. The Morgan fingerprint density at radius 1 is 0.781 bits per heavy atom. The topological polar surface area (TPSA) is 395 Å². The smallest absolute Gasteiger partial charge is 0.326 e. The van der Waals surface area contributed by atoms with Crippen molar-refractivity contribution < 1.29 is 58.5 Å². The highest BCUT2D eigenvalue weighted by atomic mass is 16.4. The van der Waals surface area contributed by atoms with Crippen LogP contribution in [0, 0.1) is 17.8 Å². The minimum atomic E-state index is -1.35. The number of phenols is 1. The number of hydrogen-bond donors (Lipinski definition) is 13. The van der Waals surface area contributed by atoms with Gasteiger partial charge in [-0.05, 0) is 68.2 Å². The highest BCUT2D eigenvalue weighted by Gasteiger charge is 2.41. The average molecular weight is 1030 g/mol. The number of likely N-dealkylation sites (tertiary alicyclic amines) is 1. The van der Waals surface area contributed by atoms with Gasteiger partial charge in [-0.15, -0.1) is 0 Å². The van der Waals surface area contributed by atoms with Crippen molar-refractivity contribution in [2.75, 3.05) is 26.7 Å². The molecule has 406 valence electrons. The first-order chi connectivity index (χ1) is 34.4. The van der Waals surface area contributed by atoms with Crippen molar-refractivity contribution in [3.05, 3.63) is 48.0 Å². The number of likely N-dealkylation sites (N-methyl/N-ethyl adjacent to an activating group) is 1. The van der Waals surface area contributed by atoms with E-state index in [0.717, 1.165) is 6.92 Å². The number of aromatic hydroxyl groups is 1. The summed E-state index contributed by atoms with van der Waals surface area (Å²) in [5, 5.41) is 46.3. The lowest BCUT2D eigenvalue weighted by Gasteiger charge is -2.32. The fourth-order valence-electron chi connectivity index (χ4n) is 7.77. The van der Waals surface area contributed by atoms with Crippen LogP contribution in [-0.2, 0) is 56.0 Å². The van der Waals surface area contributed by atoms with E-state index in [1.54, 1.807) is 46.9 Å².